The standard InChI is InChI=1S/C18H27N3O3.ClH/c1-14(10-19)11-20-18(23)15-6-5-9-21(12-15)17(22)13-24-16-7-3-2-4-8-16;/h2-4,7-8,14-15H,5-6,9-13,19H2,1H3,(H,20,23);1H. The molecule has 1 saturated heterocycles. The SMILES string of the molecule is CC(CN)CNC(=O)C1CCCN(C(=O)COc2ccccc2)C1.Cl. The Bertz CT molecular complexity index is 542. The fourth-order valence-corrected chi connectivity index (χ4v) is 2.67. The van der Waals surface area contributed by atoms with Crippen molar-refractivity contribution in [2.75, 3.05) is 32.8 Å². The number of para-hydroxylation sites is 1. The van der Waals surface area contributed by atoms with E-state index in [0.29, 0.717) is 31.9 Å². The molecule has 2 unspecified atom stereocenters. The number of rotatable bonds is 7. The molecule has 1 aliphatic heterocycles. The van der Waals surface area contributed by atoms with E-state index in [1.165, 1.54) is 0 Å². The van der Waals surface area contributed by atoms with E-state index in [1.807, 2.05) is 37.3 Å². The summed E-state index contributed by atoms with van der Waals surface area (Å²) in [5.74, 6) is 0.718. The van der Waals surface area contributed by atoms with Gasteiger partial charge in [-0.05, 0) is 37.4 Å². The van der Waals surface area contributed by atoms with E-state index in [0.717, 1.165) is 12.8 Å². The van der Waals surface area contributed by atoms with Gasteiger partial charge >= 0.3 is 0 Å². The van der Waals surface area contributed by atoms with Gasteiger partial charge in [-0.15, -0.1) is 12.4 Å². The first-order chi connectivity index (χ1) is 11.6. The number of hydrogen-bond donors (Lipinski definition) is 2. The van der Waals surface area contributed by atoms with Gasteiger partial charge in [0.2, 0.25) is 5.91 Å². The maximum Gasteiger partial charge on any atom is 0.260 e. The molecule has 0 aromatic heterocycles. The highest BCUT2D eigenvalue weighted by Gasteiger charge is 2.28. The highest BCUT2D eigenvalue weighted by molar-refractivity contribution is 5.85. The van der Waals surface area contributed by atoms with Crippen molar-refractivity contribution in [2.24, 2.45) is 17.6 Å². The fraction of sp³-hybridized carbons (Fsp3) is 0.556. The lowest BCUT2D eigenvalue weighted by molar-refractivity contribution is -0.137. The predicted octanol–water partition coefficient (Wildman–Crippen LogP) is 1.44. The van der Waals surface area contributed by atoms with Gasteiger partial charge in [-0.2, -0.15) is 0 Å². The molecule has 140 valence electrons. The highest BCUT2D eigenvalue weighted by atomic mass is 35.5. The molecule has 2 atom stereocenters. The molecule has 6 nitrogen and oxygen atoms in total. The van der Waals surface area contributed by atoms with E-state index in [9.17, 15) is 9.59 Å². The third-order valence-electron chi connectivity index (χ3n) is 4.28. The molecule has 1 aromatic rings. The lowest BCUT2D eigenvalue weighted by Crippen LogP contribution is -2.47. The molecule has 0 saturated carbocycles. The summed E-state index contributed by atoms with van der Waals surface area (Å²) in [5.41, 5.74) is 5.56. The van der Waals surface area contributed by atoms with Crippen LogP contribution in [-0.4, -0.2) is 49.5 Å². The zero-order valence-corrected chi connectivity index (χ0v) is 15.5. The summed E-state index contributed by atoms with van der Waals surface area (Å²) in [7, 11) is 0. The maximum absolute atomic E-state index is 12.3. The van der Waals surface area contributed by atoms with Crippen LogP contribution in [0.15, 0.2) is 30.3 Å². The Morgan fingerprint density at radius 3 is 2.76 bits per heavy atom. The van der Waals surface area contributed by atoms with Crippen LogP contribution < -0.4 is 15.8 Å². The number of piperidine rings is 1. The van der Waals surface area contributed by atoms with Crippen LogP contribution in [0, 0.1) is 11.8 Å². The van der Waals surface area contributed by atoms with Crippen LogP contribution >= 0.6 is 12.4 Å². The van der Waals surface area contributed by atoms with Crippen molar-refractivity contribution >= 4 is 24.2 Å². The number of benzene rings is 1. The zero-order valence-electron chi connectivity index (χ0n) is 14.6. The van der Waals surface area contributed by atoms with Crippen LogP contribution in [0.25, 0.3) is 0 Å². The molecule has 1 aromatic carbocycles. The summed E-state index contributed by atoms with van der Waals surface area (Å²) in [4.78, 5) is 26.3. The summed E-state index contributed by atoms with van der Waals surface area (Å²) in [6.45, 7) is 4.27. The minimum atomic E-state index is -0.149. The van der Waals surface area contributed by atoms with Crippen molar-refractivity contribution in [3.05, 3.63) is 30.3 Å². The number of nitrogens with zero attached hydrogens (tertiary/aromatic N) is 1. The largest absolute Gasteiger partial charge is 0.484 e. The monoisotopic (exact) mass is 369 g/mol. The molecule has 1 heterocycles. The van der Waals surface area contributed by atoms with Gasteiger partial charge in [0.05, 0.1) is 5.92 Å². The third-order valence-corrected chi connectivity index (χ3v) is 4.28. The van der Waals surface area contributed by atoms with Crippen molar-refractivity contribution in [1.29, 1.82) is 0 Å². The molecule has 3 N–H and O–H groups in total. The molecule has 0 radical (unpaired) electrons. The second-order valence-electron chi connectivity index (χ2n) is 6.37. The van der Waals surface area contributed by atoms with E-state index < -0.39 is 0 Å². The maximum atomic E-state index is 12.3. The first-order valence-corrected chi connectivity index (χ1v) is 8.53. The Kier molecular flexibility index (Phi) is 9.31. The van der Waals surface area contributed by atoms with Gasteiger partial charge < -0.3 is 20.7 Å². The lowest BCUT2D eigenvalue weighted by atomic mass is 9.97. The summed E-state index contributed by atoms with van der Waals surface area (Å²) in [5, 5.41) is 2.93. The Morgan fingerprint density at radius 2 is 2.08 bits per heavy atom. The highest BCUT2D eigenvalue weighted by Crippen LogP contribution is 2.17. The molecule has 1 fully saturated rings. The van der Waals surface area contributed by atoms with E-state index >= 15 is 0 Å². The smallest absolute Gasteiger partial charge is 0.260 e. The molecule has 0 bridgehead atoms. The number of hydrogen-bond acceptors (Lipinski definition) is 4. The first kappa shape index (κ1) is 21.3. The van der Waals surface area contributed by atoms with Gasteiger partial charge in [0.1, 0.15) is 5.75 Å². The van der Waals surface area contributed by atoms with E-state index in [4.69, 9.17) is 10.5 Å². The predicted molar refractivity (Wildman–Crippen MR) is 99.7 cm³/mol. The van der Waals surface area contributed by atoms with Crippen molar-refractivity contribution in [3.63, 3.8) is 0 Å². The molecule has 0 aliphatic carbocycles. The summed E-state index contributed by atoms with van der Waals surface area (Å²) >= 11 is 0. The zero-order chi connectivity index (χ0) is 17.4. The van der Waals surface area contributed by atoms with Crippen LogP contribution in [-0.2, 0) is 9.59 Å². The number of amides is 2. The number of ether oxygens (including phenoxy) is 1. The molecule has 25 heavy (non-hydrogen) atoms. The molecular formula is C18H28ClN3O3. The van der Waals surface area contributed by atoms with Crippen LogP contribution in [0.4, 0.5) is 0 Å². The average Bonchev–Trinajstić information content (AvgIpc) is 2.64. The van der Waals surface area contributed by atoms with Gasteiger partial charge in [0, 0.05) is 19.6 Å². The minimum absolute atomic E-state index is 0. The second kappa shape index (κ2) is 10.9. The normalized spacial score (nSPS) is 18.0. The topological polar surface area (TPSA) is 84.7 Å². The van der Waals surface area contributed by atoms with Crippen molar-refractivity contribution in [2.45, 2.75) is 19.8 Å². The Morgan fingerprint density at radius 1 is 1.36 bits per heavy atom. The van der Waals surface area contributed by atoms with Crippen LogP contribution in [0.3, 0.4) is 0 Å². The van der Waals surface area contributed by atoms with Gasteiger partial charge in [-0.25, -0.2) is 0 Å². The fourth-order valence-electron chi connectivity index (χ4n) is 2.67. The van der Waals surface area contributed by atoms with Crippen molar-refractivity contribution in [3.8, 4) is 5.75 Å². The number of carbonyl (C=O) groups excluding carboxylic acids is 2. The van der Waals surface area contributed by atoms with E-state index in [-0.39, 0.29) is 42.7 Å². The second-order valence-corrected chi connectivity index (χ2v) is 6.37. The Balaban J connectivity index is 0.00000312. The number of nitrogens with two attached hydrogens (primary N) is 1. The average molecular weight is 370 g/mol. The summed E-state index contributed by atoms with van der Waals surface area (Å²) in [6.07, 6.45) is 1.65. The molecule has 2 rings (SSSR count). The Labute approximate surface area is 155 Å². The first-order valence-electron chi connectivity index (χ1n) is 8.53. The van der Waals surface area contributed by atoms with E-state index in [2.05, 4.69) is 5.32 Å². The van der Waals surface area contributed by atoms with Crippen LogP contribution in [0.1, 0.15) is 19.8 Å². The lowest BCUT2D eigenvalue weighted by Gasteiger charge is -2.32. The number of likely N-dealkylation sites (tertiary alicyclic amines) is 1. The van der Waals surface area contributed by atoms with Crippen LogP contribution in [0.2, 0.25) is 0 Å². The minimum Gasteiger partial charge on any atom is -0.484 e. The number of carbonyl (C=O) groups is 2. The van der Waals surface area contributed by atoms with Gasteiger partial charge in [0.25, 0.3) is 5.91 Å². The third kappa shape index (κ3) is 6.92. The Hall–Kier alpha value is -1.79. The van der Waals surface area contributed by atoms with Crippen molar-refractivity contribution in [1.82, 2.24) is 10.2 Å². The molecular weight excluding hydrogens is 342 g/mol. The van der Waals surface area contributed by atoms with Crippen molar-refractivity contribution < 1.29 is 14.3 Å². The van der Waals surface area contributed by atoms with Gasteiger partial charge in [-0.1, -0.05) is 25.1 Å². The summed E-state index contributed by atoms with van der Waals surface area (Å²) < 4.78 is 5.50. The number of halogens is 1. The van der Waals surface area contributed by atoms with Gasteiger partial charge in [-0.3, -0.25) is 9.59 Å². The number of nitrogens with one attached hydrogen (secondary N) is 1. The molecule has 2 amide bonds. The molecule has 0 spiro atoms. The summed E-state index contributed by atoms with van der Waals surface area (Å²) in [6, 6.07) is 9.26. The van der Waals surface area contributed by atoms with Gasteiger partial charge in [0.15, 0.2) is 6.61 Å². The van der Waals surface area contributed by atoms with E-state index in [1.54, 1.807) is 4.90 Å². The molecule has 1 aliphatic rings. The quantitative estimate of drug-likeness (QED) is 0.761. The van der Waals surface area contributed by atoms with Crippen LogP contribution in [0.5, 0.6) is 5.75 Å². The molecule has 7 heteroatoms.